The molecule has 2 aromatic heterocycles. The lowest BCUT2D eigenvalue weighted by molar-refractivity contribution is -0.172. The van der Waals surface area contributed by atoms with Crippen LogP contribution >= 0.6 is 0 Å². The second kappa shape index (κ2) is 7.65. The molecule has 1 aromatic carbocycles. The van der Waals surface area contributed by atoms with E-state index in [9.17, 15) is 14.7 Å². The van der Waals surface area contributed by atoms with Gasteiger partial charge in [0.1, 0.15) is 14.7 Å². The Balaban J connectivity index is 1.72. The van der Waals surface area contributed by atoms with Gasteiger partial charge in [0.15, 0.2) is 5.60 Å². The summed E-state index contributed by atoms with van der Waals surface area (Å²) in [5.41, 5.74) is 7.33. The molecule has 0 unspecified atom stereocenters. The Morgan fingerprint density at radius 1 is 1.18 bits per heavy atom. The van der Waals surface area contributed by atoms with Crippen molar-refractivity contribution in [2.75, 3.05) is 0 Å². The number of nitrogens with zero attached hydrogens (tertiary/aromatic N) is 2. The highest BCUT2D eigenvalue weighted by molar-refractivity contribution is 6.83. The maximum Gasteiger partial charge on any atom is 0.343 e. The van der Waals surface area contributed by atoms with Crippen LogP contribution in [-0.2, 0) is 34.7 Å². The molecule has 0 fully saturated rings. The number of cyclic esters (lactones) is 1. The van der Waals surface area contributed by atoms with E-state index < -0.39 is 19.6 Å². The van der Waals surface area contributed by atoms with Gasteiger partial charge in [-0.15, -0.1) is 5.54 Å². The number of carbonyl (C=O) groups excluding carboxylic acids is 1. The highest BCUT2D eigenvalue weighted by Gasteiger charge is 2.45. The minimum atomic E-state index is -1.82. The van der Waals surface area contributed by atoms with Gasteiger partial charge >= 0.3 is 5.97 Å². The summed E-state index contributed by atoms with van der Waals surface area (Å²) in [6.45, 7) is 10.7. The van der Waals surface area contributed by atoms with E-state index >= 15 is 0 Å². The molecule has 0 spiro atoms. The number of hydrogen-bond donors (Lipinski definition) is 1. The zero-order chi connectivity index (χ0) is 24.4. The second-order valence-corrected chi connectivity index (χ2v) is 14.9. The number of aliphatic hydroxyl groups is 1. The van der Waals surface area contributed by atoms with Gasteiger partial charge in [-0.1, -0.05) is 39.4 Å². The molecule has 4 heterocycles. The highest BCUT2D eigenvalue weighted by Crippen LogP contribution is 2.39. The van der Waals surface area contributed by atoms with E-state index in [4.69, 9.17) is 9.72 Å². The number of aromatic nitrogens is 2. The number of rotatable bonds is 2. The molecule has 0 bridgehead atoms. The Morgan fingerprint density at radius 3 is 2.62 bits per heavy atom. The Morgan fingerprint density at radius 2 is 1.94 bits per heavy atom. The zero-order valence-electron chi connectivity index (χ0n) is 20.2. The van der Waals surface area contributed by atoms with Crippen LogP contribution in [0.1, 0.15) is 48.1 Å². The maximum absolute atomic E-state index is 13.4. The average molecular weight is 473 g/mol. The van der Waals surface area contributed by atoms with Gasteiger partial charge in [0, 0.05) is 22.1 Å². The predicted octanol–water partition coefficient (Wildman–Crippen LogP) is 3.87. The number of carbonyl (C=O) groups is 1. The van der Waals surface area contributed by atoms with Crippen molar-refractivity contribution in [2.24, 2.45) is 0 Å². The monoisotopic (exact) mass is 472 g/mol. The van der Waals surface area contributed by atoms with Crippen molar-refractivity contribution in [1.29, 1.82) is 0 Å². The Labute approximate surface area is 199 Å². The second-order valence-electron chi connectivity index (χ2n) is 10.2. The maximum atomic E-state index is 13.4. The van der Waals surface area contributed by atoms with Crippen molar-refractivity contribution in [3.8, 4) is 22.9 Å². The normalized spacial score (nSPS) is 18.6. The van der Waals surface area contributed by atoms with Gasteiger partial charge in [0.25, 0.3) is 5.56 Å². The number of ether oxygens (including phenoxy) is 1. The van der Waals surface area contributed by atoms with Crippen LogP contribution in [0, 0.1) is 11.5 Å². The quantitative estimate of drug-likeness (QED) is 0.272. The lowest BCUT2D eigenvalue weighted by atomic mass is 9.86. The molecule has 0 aliphatic carbocycles. The van der Waals surface area contributed by atoms with Crippen LogP contribution in [0.3, 0.4) is 0 Å². The molecule has 174 valence electrons. The first-order valence-corrected chi connectivity index (χ1v) is 15.2. The first-order valence-electron chi connectivity index (χ1n) is 11.7. The molecule has 2 aliphatic heterocycles. The third-order valence-corrected chi connectivity index (χ3v) is 7.53. The van der Waals surface area contributed by atoms with Gasteiger partial charge in [-0.3, -0.25) is 4.79 Å². The summed E-state index contributed by atoms with van der Waals surface area (Å²) >= 11 is 0. The van der Waals surface area contributed by atoms with E-state index in [0.717, 1.165) is 39.7 Å². The van der Waals surface area contributed by atoms with E-state index in [0.29, 0.717) is 23.4 Å². The minimum Gasteiger partial charge on any atom is -0.458 e. The summed E-state index contributed by atoms with van der Waals surface area (Å²) in [6, 6.07) is 8.03. The SMILES string of the molecule is CCc1cc(C#C[Si](C)(C)C)cc2cc3c(nc12)-c1cc2c(c(=O)n1C3)COC(=O)[C@]2(O)CC. The van der Waals surface area contributed by atoms with Crippen molar-refractivity contribution < 1.29 is 14.6 Å². The highest BCUT2D eigenvalue weighted by atomic mass is 28.3. The molecular formula is C27H28N2O4Si. The van der Waals surface area contributed by atoms with E-state index in [1.165, 1.54) is 0 Å². The Kier molecular flexibility index (Phi) is 5.08. The van der Waals surface area contributed by atoms with Crippen molar-refractivity contribution in [2.45, 2.75) is 65.1 Å². The van der Waals surface area contributed by atoms with Crippen LogP contribution in [0.4, 0.5) is 0 Å². The van der Waals surface area contributed by atoms with Crippen molar-refractivity contribution >= 4 is 24.9 Å². The summed E-state index contributed by atoms with van der Waals surface area (Å²) in [7, 11) is -1.50. The summed E-state index contributed by atoms with van der Waals surface area (Å²) in [6.07, 6.45) is 0.935. The smallest absolute Gasteiger partial charge is 0.343 e. The zero-order valence-corrected chi connectivity index (χ0v) is 21.2. The molecule has 0 saturated carbocycles. The molecule has 34 heavy (non-hydrogen) atoms. The van der Waals surface area contributed by atoms with Gasteiger partial charge < -0.3 is 14.4 Å². The topological polar surface area (TPSA) is 81.4 Å². The van der Waals surface area contributed by atoms with Crippen LogP contribution in [0.15, 0.2) is 29.1 Å². The van der Waals surface area contributed by atoms with Crippen molar-refractivity contribution in [3.05, 3.63) is 62.4 Å². The third kappa shape index (κ3) is 3.41. The lowest BCUT2D eigenvalue weighted by Gasteiger charge is -2.31. The van der Waals surface area contributed by atoms with Crippen LogP contribution in [0.2, 0.25) is 19.6 Å². The molecule has 5 rings (SSSR count). The number of benzene rings is 1. The van der Waals surface area contributed by atoms with E-state index in [1.807, 2.05) is 0 Å². The molecule has 7 heteroatoms. The minimum absolute atomic E-state index is 0.125. The number of aryl methyl sites for hydroxylation is 1. The average Bonchev–Trinajstić information content (AvgIpc) is 3.16. The van der Waals surface area contributed by atoms with E-state index in [-0.39, 0.29) is 18.6 Å². The van der Waals surface area contributed by atoms with Crippen LogP contribution in [0.5, 0.6) is 0 Å². The van der Waals surface area contributed by atoms with Crippen molar-refractivity contribution in [3.63, 3.8) is 0 Å². The van der Waals surface area contributed by atoms with E-state index in [2.05, 4.69) is 56.2 Å². The largest absolute Gasteiger partial charge is 0.458 e. The fourth-order valence-electron chi connectivity index (χ4n) is 4.77. The first kappa shape index (κ1) is 22.6. The Hall–Kier alpha value is -3.21. The molecule has 3 aromatic rings. The van der Waals surface area contributed by atoms with Crippen LogP contribution in [0.25, 0.3) is 22.3 Å². The molecule has 0 saturated heterocycles. The predicted molar refractivity (Wildman–Crippen MR) is 134 cm³/mol. The van der Waals surface area contributed by atoms with Gasteiger partial charge in [0.05, 0.1) is 29.0 Å². The van der Waals surface area contributed by atoms with Gasteiger partial charge in [-0.05, 0) is 42.7 Å². The summed E-state index contributed by atoms with van der Waals surface area (Å²) in [5, 5.41) is 12.1. The summed E-state index contributed by atoms with van der Waals surface area (Å²) < 4.78 is 6.82. The number of pyridine rings is 2. The summed E-state index contributed by atoms with van der Waals surface area (Å²) in [5.74, 6) is 2.65. The standard InChI is InChI=1S/C27H28N2O4Si/c1-6-17-10-16(8-9-34(3,4)5)11-18-12-19-14-29-22(24(19)28-23(17)18)13-21-20(25(29)30)15-33-26(31)27(21,32)7-2/h10-13,32H,6-7,14-15H2,1-5H3/t27-/m0/s1. The summed E-state index contributed by atoms with van der Waals surface area (Å²) in [4.78, 5) is 30.7. The first-order chi connectivity index (χ1) is 16.1. The van der Waals surface area contributed by atoms with Gasteiger partial charge in [0.2, 0.25) is 0 Å². The van der Waals surface area contributed by atoms with E-state index in [1.54, 1.807) is 17.6 Å². The molecule has 0 amide bonds. The van der Waals surface area contributed by atoms with Crippen LogP contribution < -0.4 is 5.56 Å². The molecule has 0 radical (unpaired) electrons. The van der Waals surface area contributed by atoms with Gasteiger partial charge in [-0.25, -0.2) is 9.78 Å². The third-order valence-electron chi connectivity index (χ3n) is 6.65. The fourth-order valence-corrected chi connectivity index (χ4v) is 5.29. The number of fused-ring (bicyclic) bond motifs is 5. The molecule has 2 aliphatic rings. The number of esters is 1. The van der Waals surface area contributed by atoms with Crippen molar-refractivity contribution in [1.82, 2.24) is 9.55 Å². The van der Waals surface area contributed by atoms with Crippen LogP contribution in [-0.4, -0.2) is 28.7 Å². The molecule has 1 N–H and O–H groups in total. The molecule has 1 atom stereocenters. The van der Waals surface area contributed by atoms with Gasteiger partial charge in [-0.2, -0.15) is 0 Å². The molecule has 6 nitrogen and oxygen atoms in total. The number of hydrogen-bond acceptors (Lipinski definition) is 5. The lowest BCUT2D eigenvalue weighted by Crippen LogP contribution is -2.44. The fraction of sp³-hybridized carbons (Fsp3) is 0.370. The Bertz CT molecular complexity index is 1500. The molecular weight excluding hydrogens is 444 g/mol.